The molecule has 208 valence electrons. The van der Waals surface area contributed by atoms with Crippen LogP contribution in [0.1, 0.15) is 37.0 Å². The van der Waals surface area contributed by atoms with Gasteiger partial charge in [-0.15, -0.1) is 11.3 Å². The van der Waals surface area contributed by atoms with Crippen molar-refractivity contribution in [2.75, 3.05) is 63.9 Å². The van der Waals surface area contributed by atoms with Crippen LogP contribution in [0.15, 0.2) is 12.4 Å². The van der Waals surface area contributed by atoms with Crippen LogP contribution in [0.3, 0.4) is 0 Å². The van der Waals surface area contributed by atoms with Gasteiger partial charge in [0.15, 0.2) is 0 Å². The Kier molecular flexibility index (Phi) is 7.52. The van der Waals surface area contributed by atoms with Gasteiger partial charge in [-0.3, -0.25) is 4.79 Å². The molecule has 0 radical (unpaired) electrons. The maximum absolute atomic E-state index is 12.9. The Morgan fingerprint density at radius 3 is 2.63 bits per heavy atom. The summed E-state index contributed by atoms with van der Waals surface area (Å²) in [7, 11) is 0. The van der Waals surface area contributed by atoms with E-state index in [2.05, 4.69) is 24.7 Å². The third-order valence-electron chi connectivity index (χ3n) is 8.87. The number of carbonyl (C=O) groups excluding carboxylic acids is 1. The summed E-state index contributed by atoms with van der Waals surface area (Å²) in [6.07, 6.45) is 1.53. The monoisotopic (exact) mass is 551 g/mol. The summed E-state index contributed by atoms with van der Waals surface area (Å²) in [5.74, 6) is 2.85. The van der Waals surface area contributed by atoms with Gasteiger partial charge in [0.25, 0.3) is 0 Å². The van der Waals surface area contributed by atoms with E-state index in [1.54, 1.807) is 6.07 Å². The quantitative estimate of drug-likeness (QED) is 0.555. The molecule has 4 aliphatic rings. The molecule has 2 aromatic rings. The molecule has 11 heteroatoms. The van der Waals surface area contributed by atoms with Crippen LogP contribution >= 0.6 is 11.3 Å². The standard InChI is InChI=1S/C27H36F3N5O2S/c28-27(29,30)11-22-10-23-24(31-17-32-25(23)38-22)35-14-19-5-6-33(13-21(19)15-35)12-18-3-7-34(8-4-18)26(36)20-2-1-9-37-16-20/h10,17-21H,1-9,11-16H2/t19-,20?,21+/m1/s1. The molecule has 38 heavy (non-hydrogen) atoms. The van der Waals surface area contributed by atoms with Gasteiger partial charge in [0, 0.05) is 50.8 Å². The highest BCUT2D eigenvalue weighted by molar-refractivity contribution is 7.18. The van der Waals surface area contributed by atoms with Gasteiger partial charge < -0.3 is 19.4 Å². The molecule has 1 unspecified atom stereocenters. The Hall–Kier alpha value is -1.98. The summed E-state index contributed by atoms with van der Waals surface area (Å²) < 4.78 is 44.3. The van der Waals surface area contributed by atoms with Crippen LogP contribution in [-0.4, -0.2) is 90.9 Å². The number of carbonyl (C=O) groups is 1. The van der Waals surface area contributed by atoms with Crippen LogP contribution in [0.25, 0.3) is 10.2 Å². The third-order valence-corrected chi connectivity index (χ3v) is 9.91. The fourth-order valence-electron chi connectivity index (χ4n) is 6.91. The lowest BCUT2D eigenvalue weighted by molar-refractivity contribution is -0.141. The largest absolute Gasteiger partial charge is 0.393 e. The smallest absolute Gasteiger partial charge is 0.381 e. The molecule has 6 heterocycles. The van der Waals surface area contributed by atoms with Crippen molar-refractivity contribution >= 4 is 33.3 Å². The predicted octanol–water partition coefficient (Wildman–Crippen LogP) is 4.22. The lowest BCUT2D eigenvalue weighted by Crippen LogP contribution is -2.47. The Morgan fingerprint density at radius 1 is 1.05 bits per heavy atom. The summed E-state index contributed by atoms with van der Waals surface area (Å²) in [4.78, 5) is 29.4. The molecule has 0 saturated carbocycles. The summed E-state index contributed by atoms with van der Waals surface area (Å²) in [5, 5.41) is 0.744. The van der Waals surface area contributed by atoms with Crippen molar-refractivity contribution < 1.29 is 22.7 Å². The average Bonchev–Trinajstić information content (AvgIpc) is 3.51. The molecule has 0 spiro atoms. The summed E-state index contributed by atoms with van der Waals surface area (Å²) in [5.41, 5.74) is 0. The summed E-state index contributed by atoms with van der Waals surface area (Å²) >= 11 is 1.12. The maximum Gasteiger partial charge on any atom is 0.393 e. The van der Waals surface area contributed by atoms with Gasteiger partial charge in [0.05, 0.1) is 24.3 Å². The molecule has 7 nitrogen and oxygen atoms in total. The Labute approximate surface area is 225 Å². The van der Waals surface area contributed by atoms with E-state index in [0.717, 1.165) is 107 Å². The number of hydrogen-bond acceptors (Lipinski definition) is 7. The number of hydrogen-bond donors (Lipinski definition) is 0. The molecule has 2 aromatic heterocycles. The molecular formula is C27H36F3N5O2S. The minimum atomic E-state index is -4.23. The first-order chi connectivity index (χ1) is 18.3. The van der Waals surface area contributed by atoms with Crippen molar-refractivity contribution in [1.29, 1.82) is 0 Å². The number of likely N-dealkylation sites (tertiary alicyclic amines) is 2. The number of halogens is 3. The molecule has 0 bridgehead atoms. The highest BCUT2D eigenvalue weighted by Crippen LogP contribution is 2.39. The zero-order chi connectivity index (χ0) is 26.3. The van der Waals surface area contributed by atoms with Gasteiger partial charge in [0.1, 0.15) is 17.0 Å². The second-order valence-corrected chi connectivity index (χ2v) is 12.7. The second kappa shape index (κ2) is 10.9. The Balaban J connectivity index is 1.02. The molecular weight excluding hydrogens is 515 g/mol. The van der Waals surface area contributed by atoms with Gasteiger partial charge in [-0.05, 0) is 62.5 Å². The lowest BCUT2D eigenvalue weighted by Gasteiger charge is -2.39. The number of rotatable bonds is 5. The van der Waals surface area contributed by atoms with E-state index in [4.69, 9.17) is 4.74 Å². The van der Waals surface area contributed by atoms with Gasteiger partial charge >= 0.3 is 6.18 Å². The fourth-order valence-corrected chi connectivity index (χ4v) is 7.93. The van der Waals surface area contributed by atoms with Crippen molar-refractivity contribution in [2.24, 2.45) is 23.7 Å². The SMILES string of the molecule is O=C(C1CCCOC1)N1CCC(CN2CC[C@@H]3CN(c4ncnc5sc(CC(F)(F)F)cc45)C[C@@H]3C2)CC1. The summed E-state index contributed by atoms with van der Waals surface area (Å²) in [6, 6.07) is 1.63. The number of ether oxygens (including phenoxy) is 1. The van der Waals surface area contributed by atoms with Gasteiger partial charge in [0.2, 0.25) is 5.91 Å². The number of fused-ring (bicyclic) bond motifs is 2. The molecule has 4 saturated heterocycles. The normalized spacial score (nSPS) is 27.7. The van der Waals surface area contributed by atoms with E-state index in [1.165, 1.54) is 6.33 Å². The number of thiophene rings is 1. The van der Waals surface area contributed by atoms with Crippen molar-refractivity contribution in [3.05, 3.63) is 17.3 Å². The molecule has 0 aliphatic carbocycles. The fraction of sp³-hybridized carbons (Fsp3) is 0.741. The zero-order valence-corrected chi connectivity index (χ0v) is 22.5. The predicted molar refractivity (Wildman–Crippen MR) is 140 cm³/mol. The van der Waals surface area contributed by atoms with Crippen LogP contribution in [-0.2, 0) is 16.0 Å². The average molecular weight is 552 g/mol. The highest BCUT2D eigenvalue weighted by atomic mass is 32.1. The lowest BCUT2D eigenvalue weighted by atomic mass is 9.87. The number of piperidine rings is 2. The van der Waals surface area contributed by atoms with Crippen molar-refractivity contribution in [3.8, 4) is 0 Å². The molecule has 0 N–H and O–H groups in total. The molecule has 4 fully saturated rings. The summed E-state index contributed by atoms with van der Waals surface area (Å²) in [6.45, 7) is 8.07. The van der Waals surface area contributed by atoms with Crippen LogP contribution in [0, 0.1) is 23.7 Å². The minimum Gasteiger partial charge on any atom is -0.381 e. The van der Waals surface area contributed by atoms with Crippen LogP contribution < -0.4 is 4.90 Å². The minimum absolute atomic E-state index is 0.0473. The van der Waals surface area contributed by atoms with Crippen molar-refractivity contribution in [2.45, 2.75) is 44.7 Å². The molecule has 3 atom stereocenters. The molecule has 0 aromatic carbocycles. The van der Waals surface area contributed by atoms with E-state index in [1.807, 2.05) is 0 Å². The number of amides is 1. The van der Waals surface area contributed by atoms with Crippen molar-refractivity contribution in [1.82, 2.24) is 19.8 Å². The van der Waals surface area contributed by atoms with Gasteiger partial charge in [-0.1, -0.05) is 0 Å². The molecule has 4 aliphatic heterocycles. The number of nitrogens with zero attached hydrogens (tertiary/aromatic N) is 5. The van der Waals surface area contributed by atoms with E-state index in [9.17, 15) is 18.0 Å². The highest BCUT2D eigenvalue weighted by Gasteiger charge is 2.39. The van der Waals surface area contributed by atoms with Gasteiger partial charge in [-0.2, -0.15) is 13.2 Å². The van der Waals surface area contributed by atoms with Crippen molar-refractivity contribution in [3.63, 3.8) is 0 Å². The Bertz CT molecular complexity index is 1130. The van der Waals surface area contributed by atoms with E-state index in [0.29, 0.717) is 29.2 Å². The molecule has 1 amide bonds. The van der Waals surface area contributed by atoms with E-state index >= 15 is 0 Å². The number of anilines is 1. The van der Waals surface area contributed by atoms with E-state index < -0.39 is 12.6 Å². The zero-order valence-electron chi connectivity index (χ0n) is 21.7. The third kappa shape index (κ3) is 5.79. The number of alkyl halides is 3. The first kappa shape index (κ1) is 26.3. The Morgan fingerprint density at radius 2 is 1.87 bits per heavy atom. The van der Waals surface area contributed by atoms with Gasteiger partial charge in [-0.25, -0.2) is 9.97 Å². The topological polar surface area (TPSA) is 61.8 Å². The maximum atomic E-state index is 12.9. The van der Waals surface area contributed by atoms with Crippen LogP contribution in [0.2, 0.25) is 0 Å². The van der Waals surface area contributed by atoms with Crippen LogP contribution in [0.4, 0.5) is 19.0 Å². The van der Waals surface area contributed by atoms with Crippen LogP contribution in [0.5, 0.6) is 0 Å². The second-order valence-electron chi connectivity index (χ2n) is 11.6. The first-order valence-electron chi connectivity index (χ1n) is 14.0. The molecule has 6 rings (SSSR count). The number of aromatic nitrogens is 2. The van der Waals surface area contributed by atoms with E-state index in [-0.39, 0.29) is 16.7 Å². The first-order valence-corrected chi connectivity index (χ1v) is 14.8.